The third-order valence-electron chi connectivity index (χ3n) is 4.00. The second-order valence-corrected chi connectivity index (χ2v) is 6.00. The van der Waals surface area contributed by atoms with E-state index < -0.39 is 18.0 Å². The van der Waals surface area contributed by atoms with Crippen LogP contribution in [0.1, 0.15) is 11.6 Å². The highest BCUT2D eigenvalue weighted by Crippen LogP contribution is 2.25. The molecule has 0 saturated heterocycles. The van der Waals surface area contributed by atoms with Crippen LogP contribution in [0.25, 0.3) is 0 Å². The van der Waals surface area contributed by atoms with Crippen LogP contribution in [0, 0.1) is 0 Å². The Morgan fingerprint density at radius 3 is 1.96 bits per heavy atom. The molecule has 6 nitrogen and oxygen atoms in total. The van der Waals surface area contributed by atoms with Gasteiger partial charge in [0.15, 0.2) is 0 Å². The Balaban J connectivity index is 1.75. The standard InChI is InChI=1S/C22H21N3O3/c1-23-22(27)25-21(26)20(16-8-4-2-5-9-16)24-17-12-14-19(15-13-17)28-18-10-6-3-7-11-18/h2-15,20,24H,1H3,(H2,23,25,26,27). The third-order valence-corrected chi connectivity index (χ3v) is 4.00. The predicted molar refractivity (Wildman–Crippen MR) is 108 cm³/mol. The summed E-state index contributed by atoms with van der Waals surface area (Å²) in [4.78, 5) is 24.1. The number of carbonyl (C=O) groups excluding carboxylic acids is 2. The molecule has 28 heavy (non-hydrogen) atoms. The number of carbonyl (C=O) groups is 2. The number of nitrogens with one attached hydrogen (secondary N) is 3. The summed E-state index contributed by atoms with van der Waals surface area (Å²) in [6, 6.07) is 24.7. The number of hydrogen-bond donors (Lipinski definition) is 3. The minimum Gasteiger partial charge on any atom is -0.457 e. The average molecular weight is 375 g/mol. The number of anilines is 1. The molecule has 1 atom stereocenters. The maximum absolute atomic E-state index is 12.6. The molecule has 3 amide bonds. The quantitative estimate of drug-likeness (QED) is 0.606. The van der Waals surface area contributed by atoms with Crippen LogP contribution in [0.2, 0.25) is 0 Å². The Kier molecular flexibility index (Phi) is 6.25. The molecular formula is C22H21N3O3. The molecule has 142 valence electrons. The molecule has 3 aromatic carbocycles. The molecule has 0 spiro atoms. The molecule has 3 N–H and O–H groups in total. The van der Waals surface area contributed by atoms with E-state index in [1.54, 1.807) is 0 Å². The predicted octanol–water partition coefficient (Wildman–Crippen LogP) is 4.09. The van der Waals surface area contributed by atoms with Crippen molar-refractivity contribution in [3.05, 3.63) is 90.5 Å². The van der Waals surface area contributed by atoms with Gasteiger partial charge >= 0.3 is 6.03 Å². The van der Waals surface area contributed by atoms with Gasteiger partial charge in [0.05, 0.1) is 0 Å². The third kappa shape index (κ3) is 5.11. The van der Waals surface area contributed by atoms with Crippen LogP contribution in [-0.4, -0.2) is 19.0 Å². The SMILES string of the molecule is CNC(=O)NC(=O)C(Nc1ccc(Oc2ccccc2)cc1)c1ccccc1. The Morgan fingerprint density at radius 1 is 0.786 bits per heavy atom. The summed E-state index contributed by atoms with van der Waals surface area (Å²) < 4.78 is 5.78. The Labute approximate surface area is 163 Å². The van der Waals surface area contributed by atoms with Crippen molar-refractivity contribution in [3.63, 3.8) is 0 Å². The fourth-order valence-corrected chi connectivity index (χ4v) is 2.60. The van der Waals surface area contributed by atoms with Gasteiger partial charge in [-0.1, -0.05) is 48.5 Å². The molecule has 0 heterocycles. The van der Waals surface area contributed by atoms with Crippen molar-refractivity contribution in [2.45, 2.75) is 6.04 Å². The second-order valence-electron chi connectivity index (χ2n) is 6.00. The molecule has 0 aliphatic carbocycles. The number of rotatable bonds is 6. The Hall–Kier alpha value is -3.80. The maximum atomic E-state index is 12.6. The van der Waals surface area contributed by atoms with Gasteiger partial charge in [-0.3, -0.25) is 10.1 Å². The van der Waals surface area contributed by atoms with E-state index in [1.807, 2.05) is 84.9 Å². The van der Waals surface area contributed by atoms with E-state index in [1.165, 1.54) is 7.05 Å². The van der Waals surface area contributed by atoms with Crippen LogP contribution in [0.3, 0.4) is 0 Å². The van der Waals surface area contributed by atoms with E-state index in [-0.39, 0.29) is 0 Å². The lowest BCUT2D eigenvalue weighted by Crippen LogP contribution is -2.42. The van der Waals surface area contributed by atoms with E-state index in [2.05, 4.69) is 16.0 Å². The first-order valence-corrected chi connectivity index (χ1v) is 8.83. The number of benzene rings is 3. The largest absolute Gasteiger partial charge is 0.457 e. The summed E-state index contributed by atoms with van der Waals surface area (Å²) in [5, 5.41) is 7.87. The molecule has 3 rings (SSSR count). The highest BCUT2D eigenvalue weighted by Gasteiger charge is 2.22. The summed E-state index contributed by atoms with van der Waals surface area (Å²) in [7, 11) is 1.46. The van der Waals surface area contributed by atoms with Crippen LogP contribution in [0.4, 0.5) is 10.5 Å². The van der Waals surface area contributed by atoms with Crippen molar-refractivity contribution in [2.75, 3.05) is 12.4 Å². The van der Waals surface area contributed by atoms with Crippen molar-refractivity contribution in [1.82, 2.24) is 10.6 Å². The van der Waals surface area contributed by atoms with Crippen molar-refractivity contribution in [2.24, 2.45) is 0 Å². The summed E-state index contributed by atoms with van der Waals surface area (Å²) in [6.07, 6.45) is 0. The highest BCUT2D eigenvalue weighted by molar-refractivity contribution is 5.98. The fraction of sp³-hybridized carbons (Fsp3) is 0.0909. The number of para-hydroxylation sites is 1. The molecule has 0 fully saturated rings. The zero-order valence-electron chi connectivity index (χ0n) is 15.4. The van der Waals surface area contributed by atoms with Crippen LogP contribution < -0.4 is 20.7 Å². The molecular weight excluding hydrogens is 354 g/mol. The molecule has 0 aromatic heterocycles. The van der Waals surface area contributed by atoms with Gasteiger partial charge in [0.2, 0.25) is 0 Å². The van der Waals surface area contributed by atoms with Gasteiger partial charge in [0.1, 0.15) is 17.5 Å². The van der Waals surface area contributed by atoms with Crippen LogP contribution >= 0.6 is 0 Å². The Morgan fingerprint density at radius 2 is 1.36 bits per heavy atom. The topological polar surface area (TPSA) is 79.5 Å². The van der Waals surface area contributed by atoms with Crippen LogP contribution in [-0.2, 0) is 4.79 Å². The smallest absolute Gasteiger partial charge is 0.321 e. The molecule has 1 unspecified atom stereocenters. The monoisotopic (exact) mass is 375 g/mol. The molecule has 0 aliphatic rings. The van der Waals surface area contributed by atoms with E-state index in [0.717, 1.165) is 17.0 Å². The Bertz CT molecular complexity index is 913. The normalized spacial score (nSPS) is 11.2. The molecule has 0 bridgehead atoms. The first-order valence-electron chi connectivity index (χ1n) is 8.83. The summed E-state index contributed by atoms with van der Waals surface area (Å²) in [5.41, 5.74) is 1.47. The number of hydrogen-bond acceptors (Lipinski definition) is 4. The number of ether oxygens (including phenoxy) is 1. The van der Waals surface area contributed by atoms with E-state index >= 15 is 0 Å². The number of amides is 3. The molecule has 3 aromatic rings. The zero-order valence-corrected chi connectivity index (χ0v) is 15.4. The van der Waals surface area contributed by atoms with E-state index in [4.69, 9.17) is 4.74 Å². The van der Waals surface area contributed by atoms with Crippen molar-refractivity contribution < 1.29 is 14.3 Å². The maximum Gasteiger partial charge on any atom is 0.321 e. The average Bonchev–Trinajstić information content (AvgIpc) is 2.74. The lowest BCUT2D eigenvalue weighted by atomic mass is 10.1. The van der Waals surface area contributed by atoms with Crippen molar-refractivity contribution in [1.29, 1.82) is 0 Å². The number of urea groups is 1. The van der Waals surface area contributed by atoms with Gasteiger partial charge in [-0.15, -0.1) is 0 Å². The van der Waals surface area contributed by atoms with Crippen molar-refractivity contribution >= 4 is 17.6 Å². The van der Waals surface area contributed by atoms with Crippen LogP contribution in [0.5, 0.6) is 11.5 Å². The van der Waals surface area contributed by atoms with Gasteiger partial charge in [0, 0.05) is 12.7 Å². The molecule has 0 saturated carbocycles. The lowest BCUT2D eigenvalue weighted by Gasteiger charge is -2.19. The van der Waals surface area contributed by atoms with Gasteiger partial charge < -0.3 is 15.4 Å². The van der Waals surface area contributed by atoms with Gasteiger partial charge in [-0.05, 0) is 42.0 Å². The van der Waals surface area contributed by atoms with E-state index in [0.29, 0.717) is 5.75 Å². The zero-order chi connectivity index (χ0) is 19.8. The van der Waals surface area contributed by atoms with Crippen molar-refractivity contribution in [3.8, 4) is 11.5 Å². The van der Waals surface area contributed by atoms with Crippen LogP contribution in [0.15, 0.2) is 84.9 Å². The first kappa shape index (κ1) is 19.0. The molecule has 6 heteroatoms. The summed E-state index contributed by atoms with van der Waals surface area (Å²) >= 11 is 0. The highest BCUT2D eigenvalue weighted by atomic mass is 16.5. The molecule has 0 radical (unpaired) electrons. The first-order chi connectivity index (χ1) is 13.7. The minimum absolute atomic E-state index is 0.449. The van der Waals surface area contributed by atoms with E-state index in [9.17, 15) is 9.59 Å². The summed E-state index contributed by atoms with van der Waals surface area (Å²) in [5.74, 6) is 0.980. The fourth-order valence-electron chi connectivity index (χ4n) is 2.60. The summed E-state index contributed by atoms with van der Waals surface area (Å²) in [6.45, 7) is 0. The van der Waals surface area contributed by atoms with Gasteiger partial charge in [0.25, 0.3) is 5.91 Å². The minimum atomic E-state index is -0.723. The van der Waals surface area contributed by atoms with Gasteiger partial charge in [-0.25, -0.2) is 4.79 Å². The lowest BCUT2D eigenvalue weighted by molar-refractivity contribution is -0.120. The van der Waals surface area contributed by atoms with Gasteiger partial charge in [-0.2, -0.15) is 0 Å². The molecule has 0 aliphatic heterocycles. The second kappa shape index (κ2) is 9.23. The number of imide groups is 1.